The van der Waals surface area contributed by atoms with Crippen LogP contribution in [0.5, 0.6) is 0 Å². The maximum Gasteiger partial charge on any atom is 0.224 e. The van der Waals surface area contributed by atoms with Crippen LogP contribution >= 0.6 is 0 Å². The van der Waals surface area contributed by atoms with E-state index in [1.54, 1.807) is 7.05 Å². The number of nitrogens with one attached hydrogen (secondary N) is 3. The third-order valence-corrected chi connectivity index (χ3v) is 4.08. The second-order valence-corrected chi connectivity index (χ2v) is 6.20. The number of hydrogen-bond donors (Lipinski definition) is 3. The quantitative estimate of drug-likeness (QED) is 0.527. The average Bonchev–Trinajstić information content (AvgIpc) is 2.63. The number of hydrogen-bond acceptors (Lipinski definition) is 2. The highest BCUT2D eigenvalue weighted by Crippen LogP contribution is 2.11. The molecule has 2 aromatic rings. The maximum absolute atomic E-state index is 11.7. The van der Waals surface area contributed by atoms with E-state index in [1.165, 1.54) is 11.1 Å². The number of carbonyl (C=O) groups is 1. The molecule has 0 aromatic heterocycles. The lowest BCUT2D eigenvalue weighted by atomic mass is 10.1. The second-order valence-electron chi connectivity index (χ2n) is 6.20. The molecule has 2 aromatic carbocycles. The summed E-state index contributed by atoms with van der Waals surface area (Å²) < 4.78 is 0. The SMILES string of the molecule is CCCC(=O)Nc1cccc(CNC(=NC)NCc2ccccc2C)c1. The van der Waals surface area contributed by atoms with Crippen molar-refractivity contribution in [1.82, 2.24) is 10.6 Å². The minimum atomic E-state index is 0.0494. The Labute approximate surface area is 155 Å². The highest BCUT2D eigenvalue weighted by molar-refractivity contribution is 5.90. The first-order valence-corrected chi connectivity index (χ1v) is 9.00. The third-order valence-electron chi connectivity index (χ3n) is 4.08. The molecule has 0 atom stereocenters. The van der Waals surface area contributed by atoms with E-state index < -0.39 is 0 Å². The standard InChI is InChI=1S/C21H28N4O/c1-4-8-20(26)25-19-12-7-10-17(13-19)14-23-21(22-3)24-15-18-11-6-5-9-16(18)2/h5-7,9-13H,4,8,14-15H2,1-3H3,(H,25,26)(H2,22,23,24). The topological polar surface area (TPSA) is 65.5 Å². The van der Waals surface area contributed by atoms with Gasteiger partial charge in [0.05, 0.1) is 0 Å². The van der Waals surface area contributed by atoms with Crippen molar-refractivity contribution >= 4 is 17.6 Å². The number of aryl methyl sites for hydroxylation is 1. The third kappa shape index (κ3) is 6.24. The van der Waals surface area contributed by atoms with E-state index in [1.807, 2.05) is 43.3 Å². The van der Waals surface area contributed by atoms with Gasteiger partial charge in [0.2, 0.25) is 5.91 Å². The highest BCUT2D eigenvalue weighted by Gasteiger charge is 2.03. The molecule has 0 unspecified atom stereocenters. The van der Waals surface area contributed by atoms with E-state index in [0.29, 0.717) is 13.0 Å². The molecule has 0 spiro atoms. The van der Waals surface area contributed by atoms with E-state index in [4.69, 9.17) is 0 Å². The number of rotatable bonds is 7. The molecule has 5 nitrogen and oxygen atoms in total. The first kappa shape index (κ1) is 19.5. The molecular weight excluding hydrogens is 324 g/mol. The van der Waals surface area contributed by atoms with Gasteiger partial charge in [0.15, 0.2) is 5.96 Å². The Balaban J connectivity index is 1.88. The van der Waals surface area contributed by atoms with Gasteiger partial charge in [-0.25, -0.2) is 0 Å². The van der Waals surface area contributed by atoms with Crippen molar-refractivity contribution in [2.24, 2.45) is 4.99 Å². The molecule has 3 N–H and O–H groups in total. The number of carbonyl (C=O) groups excluding carboxylic acids is 1. The van der Waals surface area contributed by atoms with Crippen LogP contribution in [0.2, 0.25) is 0 Å². The largest absolute Gasteiger partial charge is 0.352 e. The Morgan fingerprint density at radius 3 is 2.54 bits per heavy atom. The van der Waals surface area contributed by atoms with Crippen molar-refractivity contribution in [1.29, 1.82) is 0 Å². The fourth-order valence-corrected chi connectivity index (χ4v) is 2.60. The van der Waals surface area contributed by atoms with Crippen molar-refractivity contribution in [2.75, 3.05) is 12.4 Å². The summed E-state index contributed by atoms with van der Waals surface area (Å²) in [5.41, 5.74) is 4.41. The van der Waals surface area contributed by atoms with E-state index >= 15 is 0 Å². The molecule has 0 heterocycles. The summed E-state index contributed by atoms with van der Waals surface area (Å²) in [5, 5.41) is 9.56. The van der Waals surface area contributed by atoms with Crippen molar-refractivity contribution in [3.63, 3.8) is 0 Å². The van der Waals surface area contributed by atoms with E-state index in [2.05, 4.69) is 40.0 Å². The molecule has 26 heavy (non-hydrogen) atoms. The number of nitrogens with zero attached hydrogens (tertiary/aromatic N) is 1. The summed E-state index contributed by atoms with van der Waals surface area (Å²) in [7, 11) is 1.76. The van der Waals surface area contributed by atoms with Gasteiger partial charge in [-0.2, -0.15) is 0 Å². The number of anilines is 1. The Bertz CT molecular complexity index is 755. The predicted molar refractivity (Wildman–Crippen MR) is 108 cm³/mol. The number of aliphatic imine (C=N–C) groups is 1. The molecule has 0 aliphatic carbocycles. The van der Waals surface area contributed by atoms with Crippen LogP contribution in [-0.4, -0.2) is 18.9 Å². The zero-order valence-electron chi connectivity index (χ0n) is 15.8. The van der Waals surface area contributed by atoms with Gasteiger partial charge in [0.1, 0.15) is 0 Å². The van der Waals surface area contributed by atoms with Crippen LogP contribution in [-0.2, 0) is 17.9 Å². The van der Waals surface area contributed by atoms with Crippen molar-refractivity contribution in [2.45, 2.75) is 39.8 Å². The Morgan fingerprint density at radius 1 is 1.04 bits per heavy atom. The molecule has 0 aliphatic heterocycles. The maximum atomic E-state index is 11.7. The van der Waals surface area contributed by atoms with E-state index in [0.717, 1.165) is 30.2 Å². The van der Waals surface area contributed by atoms with E-state index in [-0.39, 0.29) is 5.91 Å². The molecule has 138 valence electrons. The predicted octanol–water partition coefficient (Wildman–Crippen LogP) is 3.60. The molecule has 2 rings (SSSR count). The fourth-order valence-electron chi connectivity index (χ4n) is 2.60. The average molecular weight is 352 g/mol. The Hall–Kier alpha value is -2.82. The lowest BCUT2D eigenvalue weighted by molar-refractivity contribution is -0.116. The molecule has 0 aliphatic rings. The van der Waals surface area contributed by atoms with Crippen molar-refractivity contribution in [3.05, 3.63) is 65.2 Å². The summed E-state index contributed by atoms with van der Waals surface area (Å²) in [6, 6.07) is 16.1. The second kappa shape index (κ2) is 10.2. The van der Waals surface area contributed by atoms with Gasteiger partial charge in [-0.05, 0) is 42.2 Å². The molecule has 0 radical (unpaired) electrons. The summed E-state index contributed by atoms with van der Waals surface area (Å²) in [5.74, 6) is 0.794. The summed E-state index contributed by atoms with van der Waals surface area (Å²) >= 11 is 0. The van der Waals surface area contributed by atoms with Crippen LogP contribution in [0, 0.1) is 6.92 Å². The fraction of sp³-hybridized carbons (Fsp3) is 0.333. The molecule has 0 fully saturated rings. The van der Waals surface area contributed by atoms with Crippen LogP contribution < -0.4 is 16.0 Å². The zero-order chi connectivity index (χ0) is 18.8. The highest BCUT2D eigenvalue weighted by atomic mass is 16.1. The monoisotopic (exact) mass is 352 g/mol. The lowest BCUT2D eigenvalue weighted by Gasteiger charge is -2.14. The number of guanidine groups is 1. The minimum Gasteiger partial charge on any atom is -0.352 e. The first-order valence-electron chi connectivity index (χ1n) is 9.00. The molecular formula is C21H28N4O. The van der Waals surface area contributed by atoms with Crippen LogP contribution in [0.25, 0.3) is 0 Å². The molecule has 0 bridgehead atoms. The van der Waals surface area contributed by atoms with Crippen LogP contribution in [0.4, 0.5) is 5.69 Å². The van der Waals surface area contributed by atoms with Crippen molar-refractivity contribution in [3.8, 4) is 0 Å². The van der Waals surface area contributed by atoms with Crippen LogP contribution in [0.3, 0.4) is 0 Å². The molecule has 0 saturated heterocycles. The Kier molecular flexibility index (Phi) is 7.68. The van der Waals surface area contributed by atoms with Crippen LogP contribution in [0.1, 0.15) is 36.5 Å². The number of benzene rings is 2. The summed E-state index contributed by atoms with van der Waals surface area (Å²) in [4.78, 5) is 16.0. The van der Waals surface area contributed by atoms with Gasteiger partial charge in [-0.1, -0.05) is 43.3 Å². The van der Waals surface area contributed by atoms with Gasteiger partial charge in [-0.15, -0.1) is 0 Å². The van der Waals surface area contributed by atoms with Crippen molar-refractivity contribution < 1.29 is 4.79 Å². The van der Waals surface area contributed by atoms with Crippen LogP contribution in [0.15, 0.2) is 53.5 Å². The minimum absolute atomic E-state index is 0.0494. The summed E-state index contributed by atoms with van der Waals surface area (Å²) in [6.45, 7) is 5.45. The molecule has 5 heteroatoms. The van der Waals surface area contributed by atoms with Gasteiger partial charge >= 0.3 is 0 Å². The molecule has 1 amide bonds. The smallest absolute Gasteiger partial charge is 0.224 e. The van der Waals surface area contributed by atoms with E-state index in [9.17, 15) is 4.79 Å². The zero-order valence-corrected chi connectivity index (χ0v) is 15.8. The van der Waals surface area contributed by atoms with Gasteiger partial charge in [0, 0.05) is 32.2 Å². The van der Waals surface area contributed by atoms with Gasteiger partial charge in [-0.3, -0.25) is 9.79 Å². The lowest BCUT2D eigenvalue weighted by Crippen LogP contribution is -2.36. The molecule has 0 saturated carbocycles. The normalized spacial score (nSPS) is 11.1. The first-order chi connectivity index (χ1) is 12.6. The summed E-state index contributed by atoms with van der Waals surface area (Å²) in [6.07, 6.45) is 1.38. The number of amides is 1. The van der Waals surface area contributed by atoms with Gasteiger partial charge in [0.25, 0.3) is 0 Å². The Morgan fingerprint density at radius 2 is 1.81 bits per heavy atom. The van der Waals surface area contributed by atoms with Gasteiger partial charge < -0.3 is 16.0 Å².